The minimum Gasteiger partial charge on any atom is -0.487 e. The number of carbonyl (C=O) groups is 1. The molecule has 0 aromatic rings. The van der Waals surface area contributed by atoms with Gasteiger partial charge < -0.3 is 19.9 Å². The molecule has 1 rings (SSSR count). The van der Waals surface area contributed by atoms with E-state index in [1.165, 1.54) is 0 Å². The van der Waals surface area contributed by atoms with E-state index in [0.717, 1.165) is 0 Å². The Morgan fingerprint density at radius 2 is 2.25 bits per heavy atom. The van der Waals surface area contributed by atoms with Crippen molar-refractivity contribution in [2.45, 2.75) is 6.10 Å². The molecule has 16 heavy (non-hydrogen) atoms. The number of rotatable bonds is 5. The van der Waals surface area contributed by atoms with E-state index in [0.29, 0.717) is 36.7 Å². The zero-order valence-corrected chi connectivity index (χ0v) is 8.94. The lowest BCUT2D eigenvalue weighted by Gasteiger charge is -2.20. The summed E-state index contributed by atoms with van der Waals surface area (Å²) in [5, 5.41) is 11.9. The topological polar surface area (TPSA) is 67.8 Å². The largest absolute Gasteiger partial charge is 0.487 e. The lowest BCUT2D eigenvalue weighted by atomic mass is 10.1. The summed E-state index contributed by atoms with van der Waals surface area (Å²) < 4.78 is 10.5. The van der Waals surface area contributed by atoms with Crippen LogP contribution in [-0.4, -0.2) is 37.4 Å². The molecule has 1 aliphatic rings. The highest BCUT2D eigenvalue weighted by molar-refractivity contribution is 5.46. The number of carbonyl (C=O) groups excluding carboxylic acids is 1. The molecule has 0 aromatic heterocycles. The number of aliphatic hydroxyl groups excluding tert-OH is 1. The predicted molar refractivity (Wildman–Crippen MR) is 58.3 cm³/mol. The van der Waals surface area contributed by atoms with Crippen LogP contribution < -0.4 is 5.32 Å². The third-order valence-corrected chi connectivity index (χ3v) is 2.03. The van der Waals surface area contributed by atoms with Crippen molar-refractivity contribution in [2.75, 3.05) is 19.8 Å². The highest BCUT2D eigenvalue weighted by atomic mass is 16.6. The van der Waals surface area contributed by atoms with Crippen LogP contribution >= 0.6 is 0 Å². The van der Waals surface area contributed by atoms with Gasteiger partial charge in [0.05, 0.1) is 6.10 Å². The molecule has 1 aliphatic heterocycles. The lowest BCUT2D eigenvalue weighted by molar-refractivity contribution is -0.109. The summed E-state index contributed by atoms with van der Waals surface area (Å²) in [7, 11) is 0. The van der Waals surface area contributed by atoms with Gasteiger partial charge in [-0.1, -0.05) is 13.2 Å². The van der Waals surface area contributed by atoms with Gasteiger partial charge in [0, 0.05) is 6.54 Å². The van der Waals surface area contributed by atoms with Crippen molar-refractivity contribution in [2.24, 2.45) is 0 Å². The Labute approximate surface area is 94.0 Å². The molecule has 0 spiro atoms. The van der Waals surface area contributed by atoms with Crippen LogP contribution in [0.25, 0.3) is 0 Å². The molecule has 1 fully saturated rings. The number of nitrogens with one attached hydrogen (secondary N) is 1. The van der Waals surface area contributed by atoms with E-state index in [-0.39, 0.29) is 6.54 Å². The van der Waals surface area contributed by atoms with Gasteiger partial charge in [0.2, 0.25) is 6.41 Å². The molecule has 5 nitrogen and oxygen atoms in total. The Kier molecular flexibility index (Phi) is 4.60. The summed E-state index contributed by atoms with van der Waals surface area (Å²) in [4.78, 5) is 10.0. The number of hydrogen-bond acceptors (Lipinski definition) is 4. The summed E-state index contributed by atoms with van der Waals surface area (Å²) >= 11 is 0. The molecule has 5 heteroatoms. The van der Waals surface area contributed by atoms with Crippen LogP contribution in [0, 0.1) is 0 Å². The first-order chi connectivity index (χ1) is 7.65. The fraction of sp³-hybridized carbons (Fsp3) is 0.364. The number of aliphatic hydroxyl groups is 1. The van der Waals surface area contributed by atoms with Crippen LogP contribution in [0.3, 0.4) is 0 Å². The molecule has 1 amide bonds. The second kappa shape index (κ2) is 5.97. The number of hydrogen-bond donors (Lipinski definition) is 2. The van der Waals surface area contributed by atoms with Crippen LogP contribution in [0.2, 0.25) is 0 Å². The van der Waals surface area contributed by atoms with Crippen molar-refractivity contribution < 1.29 is 19.4 Å². The Morgan fingerprint density at radius 1 is 1.56 bits per heavy atom. The van der Waals surface area contributed by atoms with E-state index in [1.54, 1.807) is 6.08 Å². The molecule has 0 saturated carbocycles. The van der Waals surface area contributed by atoms with Crippen molar-refractivity contribution in [3.8, 4) is 0 Å². The molecule has 88 valence electrons. The summed E-state index contributed by atoms with van der Waals surface area (Å²) in [6.07, 6.45) is 1.22. The molecule has 1 saturated heterocycles. The highest BCUT2D eigenvalue weighted by Crippen LogP contribution is 2.18. The van der Waals surface area contributed by atoms with Gasteiger partial charge in [-0.25, -0.2) is 0 Å². The Hall–Kier alpha value is -1.75. The average Bonchev–Trinajstić information content (AvgIpc) is 2.28. The number of amides is 1. The molecule has 0 aromatic carbocycles. The molecular weight excluding hydrogens is 210 g/mol. The monoisotopic (exact) mass is 225 g/mol. The molecule has 1 heterocycles. The minimum absolute atomic E-state index is 0.111. The van der Waals surface area contributed by atoms with Crippen molar-refractivity contribution in [1.82, 2.24) is 5.32 Å². The maximum atomic E-state index is 10.0. The van der Waals surface area contributed by atoms with Gasteiger partial charge in [-0.2, -0.15) is 0 Å². The zero-order chi connectivity index (χ0) is 12.0. The van der Waals surface area contributed by atoms with Crippen molar-refractivity contribution in [1.29, 1.82) is 0 Å². The van der Waals surface area contributed by atoms with Crippen LogP contribution in [0.15, 0.2) is 36.3 Å². The zero-order valence-electron chi connectivity index (χ0n) is 8.94. The quantitative estimate of drug-likeness (QED) is 0.651. The molecular formula is C11H15NO4. The third kappa shape index (κ3) is 3.43. The van der Waals surface area contributed by atoms with E-state index in [2.05, 4.69) is 18.5 Å². The first kappa shape index (κ1) is 12.3. The maximum absolute atomic E-state index is 10.0. The highest BCUT2D eigenvalue weighted by Gasteiger charge is 2.14. The Morgan fingerprint density at radius 3 is 2.88 bits per heavy atom. The smallest absolute Gasteiger partial charge is 0.207 e. The molecule has 0 aliphatic carbocycles. The molecule has 0 bridgehead atoms. The normalized spacial score (nSPS) is 19.6. The predicted octanol–water partition coefficient (Wildman–Crippen LogP) is 0.0939. The van der Waals surface area contributed by atoms with Crippen LogP contribution in [0.5, 0.6) is 0 Å². The minimum atomic E-state index is -0.851. The first-order valence-corrected chi connectivity index (χ1v) is 4.85. The van der Waals surface area contributed by atoms with E-state index in [1.807, 2.05) is 0 Å². The Bertz CT molecular complexity index is 322. The molecule has 1 unspecified atom stereocenters. The fourth-order valence-electron chi connectivity index (χ4n) is 1.15. The van der Waals surface area contributed by atoms with Gasteiger partial charge in [-0.15, -0.1) is 0 Å². The summed E-state index contributed by atoms with van der Waals surface area (Å²) in [5.41, 5.74) is 0.427. The third-order valence-electron chi connectivity index (χ3n) is 2.03. The van der Waals surface area contributed by atoms with Gasteiger partial charge in [0.1, 0.15) is 13.2 Å². The lowest BCUT2D eigenvalue weighted by Crippen LogP contribution is -2.26. The first-order valence-electron chi connectivity index (χ1n) is 4.85. The van der Waals surface area contributed by atoms with Gasteiger partial charge in [-0.05, 0) is 11.6 Å². The van der Waals surface area contributed by atoms with Gasteiger partial charge in [0.15, 0.2) is 11.5 Å². The Balaban J connectivity index is 2.56. The second-order valence-electron chi connectivity index (χ2n) is 3.25. The van der Waals surface area contributed by atoms with Crippen molar-refractivity contribution in [3.63, 3.8) is 0 Å². The van der Waals surface area contributed by atoms with E-state index in [4.69, 9.17) is 9.47 Å². The van der Waals surface area contributed by atoms with E-state index < -0.39 is 6.10 Å². The van der Waals surface area contributed by atoms with Crippen LogP contribution in [0.4, 0.5) is 0 Å². The maximum Gasteiger partial charge on any atom is 0.207 e. The second-order valence-corrected chi connectivity index (χ2v) is 3.25. The van der Waals surface area contributed by atoms with Gasteiger partial charge >= 0.3 is 0 Å². The molecule has 1 atom stereocenters. The number of ether oxygens (including phenoxy) is 2. The van der Waals surface area contributed by atoms with E-state index in [9.17, 15) is 9.90 Å². The van der Waals surface area contributed by atoms with Crippen LogP contribution in [0.1, 0.15) is 0 Å². The summed E-state index contributed by atoms with van der Waals surface area (Å²) in [6, 6.07) is 0. The molecule has 2 N–H and O–H groups in total. The average molecular weight is 225 g/mol. The molecule has 0 radical (unpaired) electrons. The van der Waals surface area contributed by atoms with Crippen molar-refractivity contribution in [3.05, 3.63) is 36.3 Å². The van der Waals surface area contributed by atoms with Crippen LogP contribution in [-0.2, 0) is 14.3 Å². The van der Waals surface area contributed by atoms with E-state index >= 15 is 0 Å². The van der Waals surface area contributed by atoms with Gasteiger partial charge in [0.25, 0.3) is 0 Å². The van der Waals surface area contributed by atoms with Crippen molar-refractivity contribution >= 4 is 6.41 Å². The summed E-state index contributed by atoms with van der Waals surface area (Å²) in [6.45, 7) is 8.36. The van der Waals surface area contributed by atoms with Gasteiger partial charge in [-0.3, -0.25) is 4.79 Å². The standard InChI is InChI=1S/C11H15NO4/c1-8(10(14)6-12-7-13)5-11-9(2)15-3-4-16-11/h5,7,10,14H,1-4,6H2,(H,12,13)/b11-5+. The fourth-order valence-corrected chi connectivity index (χ4v) is 1.15. The summed E-state index contributed by atoms with van der Waals surface area (Å²) in [5.74, 6) is 0.879. The SMILES string of the molecule is C=C1OCCO/C1=C/C(=C)C(O)CNC=O.